The highest BCUT2D eigenvalue weighted by Crippen LogP contribution is 2.39. The number of rotatable bonds is 5. The fourth-order valence-corrected chi connectivity index (χ4v) is 4.29. The monoisotopic (exact) mass is 368 g/mol. The zero-order valence-electron chi connectivity index (χ0n) is 14.2. The van der Waals surface area contributed by atoms with E-state index in [-0.39, 0.29) is 54.8 Å². The van der Waals surface area contributed by atoms with Crippen LogP contribution < -0.4 is 11.1 Å². The number of hydrogen-bond acceptors (Lipinski definition) is 3. The molecule has 2 aliphatic carbocycles. The predicted octanol–water partition coefficient (Wildman–Crippen LogP) is 3.23. The summed E-state index contributed by atoms with van der Waals surface area (Å²) in [5.74, 6) is 0.388. The molecule has 2 unspecified atom stereocenters. The van der Waals surface area contributed by atoms with Crippen LogP contribution in [-0.4, -0.2) is 23.8 Å². The number of fused-ring (bicyclic) bond motifs is 2. The average Bonchev–Trinajstić information content (AvgIpc) is 2.54. The standard InChI is InChI=1S/C19H25FN2O2.ClH/c20-15-6-4-12(5-7-15)17(23)8-9-18(24)22-19-13-2-1-3-14(19)11-16(21)10-13;/h4-7,13-14,16,19H,1-3,8-11,21H2,(H,22,24);1H. The van der Waals surface area contributed by atoms with E-state index in [0.29, 0.717) is 17.4 Å². The van der Waals surface area contributed by atoms with Crippen LogP contribution in [-0.2, 0) is 4.79 Å². The number of nitrogens with two attached hydrogens (primary N) is 1. The van der Waals surface area contributed by atoms with Gasteiger partial charge in [-0.1, -0.05) is 6.42 Å². The second-order valence-electron chi connectivity index (χ2n) is 7.21. The summed E-state index contributed by atoms with van der Waals surface area (Å²) >= 11 is 0. The van der Waals surface area contributed by atoms with Gasteiger partial charge in [0.25, 0.3) is 0 Å². The molecule has 2 atom stereocenters. The fraction of sp³-hybridized carbons (Fsp3) is 0.579. The van der Waals surface area contributed by atoms with Crippen LogP contribution in [0, 0.1) is 17.7 Å². The van der Waals surface area contributed by atoms with Crippen molar-refractivity contribution in [1.82, 2.24) is 5.32 Å². The van der Waals surface area contributed by atoms with Crippen LogP contribution >= 0.6 is 12.4 Å². The van der Waals surface area contributed by atoms with Crippen molar-refractivity contribution in [2.75, 3.05) is 0 Å². The number of carbonyl (C=O) groups excluding carboxylic acids is 2. The fourth-order valence-electron chi connectivity index (χ4n) is 4.29. The molecule has 2 bridgehead atoms. The first-order chi connectivity index (χ1) is 11.5. The van der Waals surface area contributed by atoms with E-state index in [1.807, 2.05) is 0 Å². The van der Waals surface area contributed by atoms with Crippen LogP contribution in [0.3, 0.4) is 0 Å². The lowest BCUT2D eigenvalue weighted by Crippen LogP contribution is -2.53. The Labute approximate surface area is 154 Å². The van der Waals surface area contributed by atoms with Crippen molar-refractivity contribution in [1.29, 1.82) is 0 Å². The van der Waals surface area contributed by atoms with Crippen molar-refractivity contribution in [3.05, 3.63) is 35.6 Å². The van der Waals surface area contributed by atoms with E-state index in [1.54, 1.807) is 0 Å². The van der Waals surface area contributed by atoms with Gasteiger partial charge in [-0.25, -0.2) is 4.39 Å². The highest BCUT2D eigenvalue weighted by atomic mass is 35.5. The van der Waals surface area contributed by atoms with Crippen LogP contribution in [0.2, 0.25) is 0 Å². The zero-order chi connectivity index (χ0) is 17.1. The topological polar surface area (TPSA) is 72.2 Å². The molecule has 138 valence electrons. The van der Waals surface area contributed by atoms with Crippen molar-refractivity contribution in [3.8, 4) is 0 Å². The largest absolute Gasteiger partial charge is 0.353 e. The van der Waals surface area contributed by atoms with Gasteiger partial charge in [-0.15, -0.1) is 12.4 Å². The highest BCUT2D eigenvalue weighted by molar-refractivity contribution is 5.97. The Kier molecular flexibility index (Phi) is 6.96. The molecule has 2 aliphatic rings. The van der Waals surface area contributed by atoms with Crippen molar-refractivity contribution >= 4 is 24.1 Å². The number of halogens is 2. The minimum atomic E-state index is -0.369. The Balaban J connectivity index is 0.00000225. The Morgan fingerprint density at radius 2 is 1.68 bits per heavy atom. The third-order valence-electron chi connectivity index (χ3n) is 5.45. The Hall–Kier alpha value is -1.46. The number of benzene rings is 1. The van der Waals surface area contributed by atoms with Gasteiger partial charge in [0.2, 0.25) is 5.91 Å². The van der Waals surface area contributed by atoms with E-state index in [2.05, 4.69) is 5.32 Å². The van der Waals surface area contributed by atoms with Crippen molar-refractivity contribution in [2.24, 2.45) is 17.6 Å². The summed E-state index contributed by atoms with van der Waals surface area (Å²) in [6.07, 6.45) is 5.77. The predicted molar refractivity (Wildman–Crippen MR) is 97.2 cm³/mol. The second-order valence-corrected chi connectivity index (χ2v) is 7.21. The molecule has 1 aromatic carbocycles. The Morgan fingerprint density at radius 3 is 2.28 bits per heavy atom. The molecule has 1 amide bonds. The van der Waals surface area contributed by atoms with Gasteiger partial charge in [0, 0.05) is 30.5 Å². The molecule has 3 rings (SSSR count). The van der Waals surface area contributed by atoms with Crippen LogP contribution in [0.15, 0.2) is 24.3 Å². The van der Waals surface area contributed by atoms with Gasteiger partial charge in [0.15, 0.2) is 5.78 Å². The number of nitrogens with one attached hydrogen (secondary N) is 1. The summed E-state index contributed by atoms with van der Waals surface area (Å²) in [5.41, 5.74) is 6.56. The van der Waals surface area contributed by atoms with Crippen molar-refractivity contribution in [3.63, 3.8) is 0 Å². The molecule has 2 fully saturated rings. The summed E-state index contributed by atoms with van der Waals surface area (Å²) in [5, 5.41) is 3.15. The van der Waals surface area contributed by atoms with Crippen LogP contribution in [0.5, 0.6) is 0 Å². The van der Waals surface area contributed by atoms with Gasteiger partial charge in [-0.2, -0.15) is 0 Å². The molecule has 2 saturated carbocycles. The maximum Gasteiger partial charge on any atom is 0.220 e. The lowest BCUT2D eigenvalue weighted by Gasteiger charge is -2.45. The molecule has 0 radical (unpaired) electrons. The molecule has 1 aromatic rings. The molecular weight excluding hydrogens is 343 g/mol. The molecule has 0 heterocycles. The van der Waals surface area contributed by atoms with E-state index in [4.69, 9.17) is 5.73 Å². The number of Topliss-reactive ketones (excluding diaryl/α,β-unsaturated/α-hetero) is 1. The Morgan fingerprint density at radius 1 is 1.08 bits per heavy atom. The second kappa shape index (κ2) is 8.77. The average molecular weight is 369 g/mol. The van der Waals surface area contributed by atoms with E-state index in [1.165, 1.54) is 30.7 Å². The van der Waals surface area contributed by atoms with Crippen LogP contribution in [0.1, 0.15) is 55.3 Å². The van der Waals surface area contributed by atoms with Crippen molar-refractivity contribution in [2.45, 2.75) is 57.0 Å². The van der Waals surface area contributed by atoms with Gasteiger partial charge in [-0.3, -0.25) is 9.59 Å². The minimum absolute atomic E-state index is 0. The first-order valence-electron chi connectivity index (χ1n) is 8.86. The lowest BCUT2D eigenvalue weighted by molar-refractivity contribution is -0.123. The first-order valence-corrected chi connectivity index (χ1v) is 8.86. The summed E-state index contributed by atoms with van der Waals surface area (Å²) < 4.78 is 12.9. The zero-order valence-corrected chi connectivity index (χ0v) is 15.1. The quantitative estimate of drug-likeness (QED) is 0.784. The molecule has 25 heavy (non-hydrogen) atoms. The summed E-state index contributed by atoms with van der Waals surface area (Å²) in [7, 11) is 0. The van der Waals surface area contributed by atoms with Crippen LogP contribution in [0.4, 0.5) is 4.39 Å². The molecular formula is C19H26ClFN2O2. The Bertz CT molecular complexity index is 594. The molecule has 0 aliphatic heterocycles. The van der Waals surface area contributed by atoms with E-state index in [0.717, 1.165) is 25.7 Å². The van der Waals surface area contributed by atoms with Gasteiger partial charge >= 0.3 is 0 Å². The molecule has 0 aromatic heterocycles. The van der Waals surface area contributed by atoms with Gasteiger partial charge in [0.1, 0.15) is 5.82 Å². The van der Waals surface area contributed by atoms with E-state index in [9.17, 15) is 14.0 Å². The first kappa shape index (κ1) is 19.9. The SMILES string of the molecule is Cl.NC1CC2CCCC(C1)C2NC(=O)CCC(=O)c1ccc(F)cc1. The third-order valence-corrected chi connectivity index (χ3v) is 5.45. The normalized spacial score (nSPS) is 27.9. The molecule has 4 nitrogen and oxygen atoms in total. The van der Waals surface area contributed by atoms with Crippen molar-refractivity contribution < 1.29 is 14.0 Å². The maximum atomic E-state index is 12.9. The van der Waals surface area contributed by atoms with Crippen LogP contribution in [0.25, 0.3) is 0 Å². The maximum absolute atomic E-state index is 12.9. The minimum Gasteiger partial charge on any atom is -0.353 e. The smallest absolute Gasteiger partial charge is 0.220 e. The summed E-state index contributed by atoms with van der Waals surface area (Å²) in [4.78, 5) is 24.3. The van der Waals surface area contributed by atoms with Gasteiger partial charge in [0.05, 0.1) is 0 Å². The molecule has 0 saturated heterocycles. The molecule has 6 heteroatoms. The molecule has 0 spiro atoms. The lowest BCUT2D eigenvalue weighted by atomic mass is 9.67. The number of carbonyl (C=O) groups is 2. The molecule has 3 N–H and O–H groups in total. The van der Waals surface area contributed by atoms with Gasteiger partial charge < -0.3 is 11.1 Å². The number of hydrogen-bond donors (Lipinski definition) is 2. The third kappa shape index (κ3) is 5.02. The summed E-state index contributed by atoms with van der Waals surface area (Å²) in [6, 6.07) is 5.92. The summed E-state index contributed by atoms with van der Waals surface area (Å²) in [6.45, 7) is 0. The number of ketones is 1. The number of amides is 1. The van der Waals surface area contributed by atoms with E-state index < -0.39 is 0 Å². The van der Waals surface area contributed by atoms with E-state index >= 15 is 0 Å². The highest BCUT2D eigenvalue weighted by Gasteiger charge is 2.39. The van der Waals surface area contributed by atoms with Gasteiger partial charge in [-0.05, 0) is 61.8 Å².